The smallest absolute Gasteiger partial charge is 0.251 e. The minimum atomic E-state index is -0.103. The number of ether oxygens (including phenoxy) is 1. The van der Waals surface area contributed by atoms with Crippen molar-refractivity contribution in [3.05, 3.63) is 101 Å². The third-order valence-electron chi connectivity index (χ3n) is 4.59. The number of rotatable bonds is 6. The molecule has 27 heavy (non-hydrogen) atoms. The zero-order valence-corrected chi connectivity index (χ0v) is 16.0. The van der Waals surface area contributed by atoms with Gasteiger partial charge in [-0.05, 0) is 55.7 Å². The summed E-state index contributed by atoms with van der Waals surface area (Å²) >= 11 is 0. The minimum Gasteiger partial charge on any atom is -0.489 e. The van der Waals surface area contributed by atoms with Crippen molar-refractivity contribution in [1.29, 1.82) is 0 Å². The molecule has 0 bridgehead atoms. The van der Waals surface area contributed by atoms with E-state index in [0.717, 1.165) is 11.1 Å². The third kappa shape index (κ3) is 4.98. The van der Waals surface area contributed by atoms with E-state index in [1.54, 1.807) is 12.1 Å². The number of carbonyl (C=O) groups is 1. The second-order valence-corrected chi connectivity index (χ2v) is 6.86. The molecular weight excluding hydrogens is 334 g/mol. The van der Waals surface area contributed by atoms with Crippen LogP contribution in [-0.2, 0) is 6.61 Å². The number of aryl methyl sites for hydroxylation is 2. The molecule has 0 fully saturated rings. The second-order valence-electron chi connectivity index (χ2n) is 6.86. The number of amides is 1. The summed E-state index contributed by atoms with van der Waals surface area (Å²) in [4.78, 5) is 12.7. The van der Waals surface area contributed by atoms with Gasteiger partial charge in [-0.1, -0.05) is 60.2 Å². The average Bonchev–Trinajstić information content (AvgIpc) is 2.69. The number of hydrogen-bond donors (Lipinski definition) is 1. The lowest BCUT2D eigenvalue weighted by atomic mass is 9.99. The first kappa shape index (κ1) is 18.7. The van der Waals surface area contributed by atoms with Gasteiger partial charge in [0.2, 0.25) is 0 Å². The van der Waals surface area contributed by atoms with E-state index >= 15 is 0 Å². The Morgan fingerprint density at radius 3 is 2.52 bits per heavy atom. The number of benzene rings is 3. The zero-order chi connectivity index (χ0) is 19.2. The summed E-state index contributed by atoms with van der Waals surface area (Å²) in [7, 11) is 0. The van der Waals surface area contributed by atoms with Gasteiger partial charge in [0, 0.05) is 5.56 Å². The number of carbonyl (C=O) groups excluding carboxylic acids is 1. The Labute approximate surface area is 161 Å². The van der Waals surface area contributed by atoms with Crippen LogP contribution in [0.3, 0.4) is 0 Å². The largest absolute Gasteiger partial charge is 0.489 e. The van der Waals surface area contributed by atoms with Crippen LogP contribution in [0.25, 0.3) is 0 Å². The van der Waals surface area contributed by atoms with Gasteiger partial charge in [0.15, 0.2) is 0 Å². The highest BCUT2D eigenvalue weighted by atomic mass is 16.5. The molecule has 0 aliphatic heterocycles. The van der Waals surface area contributed by atoms with Crippen molar-refractivity contribution in [2.45, 2.75) is 33.4 Å². The van der Waals surface area contributed by atoms with Gasteiger partial charge in [0.25, 0.3) is 5.91 Å². The molecular formula is C24H25NO2. The molecule has 3 aromatic carbocycles. The normalized spacial score (nSPS) is 11.7. The van der Waals surface area contributed by atoms with Crippen LogP contribution in [-0.4, -0.2) is 5.91 Å². The van der Waals surface area contributed by atoms with Gasteiger partial charge in [-0.3, -0.25) is 4.79 Å². The predicted molar refractivity (Wildman–Crippen MR) is 109 cm³/mol. The molecule has 138 valence electrons. The maximum atomic E-state index is 12.7. The fourth-order valence-electron chi connectivity index (χ4n) is 3.05. The molecule has 1 amide bonds. The first-order chi connectivity index (χ1) is 13.0. The lowest BCUT2D eigenvalue weighted by Gasteiger charge is -2.17. The van der Waals surface area contributed by atoms with Crippen LogP contribution < -0.4 is 10.1 Å². The molecule has 0 aliphatic carbocycles. The van der Waals surface area contributed by atoms with E-state index in [1.807, 2.05) is 49.4 Å². The zero-order valence-electron chi connectivity index (χ0n) is 16.0. The highest BCUT2D eigenvalue weighted by molar-refractivity contribution is 5.94. The minimum absolute atomic E-state index is 0.0636. The van der Waals surface area contributed by atoms with Crippen LogP contribution in [0.4, 0.5) is 0 Å². The van der Waals surface area contributed by atoms with Gasteiger partial charge >= 0.3 is 0 Å². The van der Waals surface area contributed by atoms with Crippen LogP contribution >= 0.6 is 0 Å². The molecule has 3 heteroatoms. The molecule has 0 aromatic heterocycles. The Kier molecular flexibility index (Phi) is 5.92. The van der Waals surface area contributed by atoms with Crippen LogP contribution in [0.1, 0.15) is 45.6 Å². The van der Waals surface area contributed by atoms with Gasteiger partial charge in [-0.25, -0.2) is 0 Å². The molecule has 3 rings (SSSR count). The molecule has 0 aliphatic rings. The van der Waals surface area contributed by atoms with Crippen molar-refractivity contribution in [3.8, 4) is 5.75 Å². The SMILES string of the molecule is Cc1ccc(C)c([C@H](C)NC(=O)c2cccc(OCc3ccccc3)c2)c1. The van der Waals surface area contributed by atoms with E-state index < -0.39 is 0 Å². The average molecular weight is 359 g/mol. The summed E-state index contributed by atoms with van der Waals surface area (Å²) < 4.78 is 5.83. The monoisotopic (exact) mass is 359 g/mol. The van der Waals surface area contributed by atoms with Crippen molar-refractivity contribution < 1.29 is 9.53 Å². The van der Waals surface area contributed by atoms with E-state index in [2.05, 4.69) is 37.4 Å². The lowest BCUT2D eigenvalue weighted by Crippen LogP contribution is -2.27. The summed E-state index contributed by atoms with van der Waals surface area (Å²) in [5.41, 5.74) is 5.19. The Morgan fingerprint density at radius 1 is 0.963 bits per heavy atom. The van der Waals surface area contributed by atoms with Crippen LogP contribution in [0.15, 0.2) is 72.8 Å². The number of hydrogen-bond acceptors (Lipinski definition) is 2. The quantitative estimate of drug-likeness (QED) is 0.642. The third-order valence-corrected chi connectivity index (χ3v) is 4.59. The van der Waals surface area contributed by atoms with Crippen LogP contribution in [0.2, 0.25) is 0 Å². The molecule has 3 aromatic rings. The van der Waals surface area contributed by atoms with Crippen molar-refractivity contribution in [2.75, 3.05) is 0 Å². The van der Waals surface area contributed by atoms with Gasteiger partial charge < -0.3 is 10.1 Å². The van der Waals surface area contributed by atoms with Gasteiger partial charge in [0.1, 0.15) is 12.4 Å². The second kappa shape index (κ2) is 8.54. The van der Waals surface area contributed by atoms with E-state index in [1.165, 1.54) is 11.1 Å². The fraction of sp³-hybridized carbons (Fsp3) is 0.208. The van der Waals surface area contributed by atoms with E-state index in [0.29, 0.717) is 17.9 Å². The Bertz CT molecular complexity index is 919. The molecule has 1 atom stereocenters. The van der Waals surface area contributed by atoms with Crippen LogP contribution in [0, 0.1) is 13.8 Å². The molecule has 0 unspecified atom stereocenters. The fourth-order valence-corrected chi connectivity index (χ4v) is 3.05. The first-order valence-corrected chi connectivity index (χ1v) is 9.18. The Hall–Kier alpha value is -3.07. The standard InChI is InChI=1S/C24H25NO2/c1-17-12-13-18(2)23(14-17)19(3)25-24(26)21-10-7-11-22(15-21)27-16-20-8-5-4-6-9-20/h4-15,19H,16H2,1-3H3,(H,25,26)/t19-/m0/s1. The summed E-state index contributed by atoms with van der Waals surface area (Å²) in [5, 5.41) is 3.09. The van der Waals surface area contributed by atoms with E-state index in [4.69, 9.17) is 4.74 Å². The van der Waals surface area contributed by atoms with Gasteiger partial charge in [-0.2, -0.15) is 0 Å². The maximum Gasteiger partial charge on any atom is 0.251 e. The topological polar surface area (TPSA) is 38.3 Å². The lowest BCUT2D eigenvalue weighted by molar-refractivity contribution is 0.0939. The van der Waals surface area contributed by atoms with Gasteiger partial charge in [0.05, 0.1) is 6.04 Å². The molecule has 0 radical (unpaired) electrons. The summed E-state index contributed by atoms with van der Waals surface area (Å²) in [5.74, 6) is 0.583. The number of nitrogens with one attached hydrogen (secondary N) is 1. The maximum absolute atomic E-state index is 12.7. The summed E-state index contributed by atoms with van der Waals surface area (Å²) in [6, 6.07) is 23.5. The highest BCUT2D eigenvalue weighted by Crippen LogP contribution is 2.20. The van der Waals surface area contributed by atoms with Crippen molar-refractivity contribution in [1.82, 2.24) is 5.32 Å². The van der Waals surface area contributed by atoms with Gasteiger partial charge in [-0.15, -0.1) is 0 Å². The molecule has 1 N–H and O–H groups in total. The molecule has 3 nitrogen and oxygen atoms in total. The predicted octanol–water partition coefficient (Wildman–Crippen LogP) is 5.37. The molecule has 0 heterocycles. The molecule has 0 saturated heterocycles. The van der Waals surface area contributed by atoms with E-state index in [-0.39, 0.29) is 11.9 Å². The summed E-state index contributed by atoms with van der Waals surface area (Å²) in [6.07, 6.45) is 0. The Morgan fingerprint density at radius 2 is 1.74 bits per heavy atom. The van der Waals surface area contributed by atoms with Crippen molar-refractivity contribution in [3.63, 3.8) is 0 Å². The van der Waals surface area contributed by atoms with Crippen LogP contribution in [0.5, 0.6) is 5.75 Å². The Balaban J connectivity index is 1.67. The molecule has 0 spiro atoms. The molecule has 0 saturated carbocycles. The summed E-state index contributed by atoms with van der Waals surface area (Å²) in [6.45, 7) is 6.61. The van der Waals surface area contributed by atoms with Crippen molar-refractivity contribution >= 4 is 5.91 Å². The van der Waals surface area contributed by atoms with Crippen molar-refractivity contribution in [2.24, 2.45) is 0 Å². The highest BCUT2D eigenvalue weighted by Gasteiger charge is 2.14. The van der Waals surface area contributed by atoms with E-state index in [9.17, 15) is 4.79 Å². The first-order valence-electron chi connectivity index (χ1n) is 9.18.